The van der Waals surface area contributed by atoms with Crippen LogP contribution in [-0.4, -0.2) is 4.98 Å². The third-order valence-electron chi connectivity index (χ3n) is 1.70. The van der Waals surface area contributed by atoms with Crippen LogP contribution in [0, 0.1) is 0 Å². The van der Waals surface area contributed by atoms with E-state index < -0.39 is 0 Å². The summed E-state index contributed by atoms with van der Waals surface area (Å²) in [5, 5.41) is 8.14. The topological polar surface area (TPSA) is 37.6 Å². The molecule has 0 aliphatic carbocycles. The molecule has 0 radical (unpaired) electrons. The highest BCUT2D eigenvalue weighted by Crippen LogP contribution is 2.15. The van der Waals surface area contributed by atoms with Gasteiger partial charge in [-0.3, -0.25) is 4.98 Å². The molecular formula is C11H9N3. The van der Waals surface area contributed by atoms with Gasteiger partial charge in [-0.1, -0.05) is 18.2 Å². The SMILES string of the molecule is c1ccc(N=Nc2ccncc2)cc1. The summed E-state index contributed by atoms with van der Waals surface area (Å²) in [5.74, 6) is 0. The van der Waals surface area contributed by atoms with Gasteiger partial charge in [0.1, 0.15) is 0 Å². The molecule has 3 heteroatoms. The number of hydrogen-bond acceptors (Lipinski definition) is 3. The summed E-state index contributed by atoms with van der Waals surface area (Å²) >= 11 is 0. The Bertz CT molecular complexity index is 368. The molecule has 0 unspecified atom stereocenters. The monoisotopic (exact) mass is 183 g/mol. The Hall–Kier alpha value is -2.03. The zero-order valence-corrected chi connectivity index (χ0v) is 7.54. The average Bonchev–Trinajstić information content (AvgIpc) is 2.29. The van der Waals surface area contributed by atoms with Crippen molar-refractivity contribution in [3.05, 3.63) is 54.9 Å². The fourth-order valence-electron chi connectivity index (χ4n) is 1.02. The number of hydrogen-bond donors (Lipinski definition) is 0. The number of azo groups is 1. The maximum Gasteiger partial charge on any atom is 0.0887 e. The molecule has 0 spiro atoms. The minimum atomic E-state index is 0.809. The normalized spacial score (nSPS) is 10.6. The Balaban J connectivity index is 2.16. The highest BCUT2D eigenvalue weighted by Gasteiger charge is 1.87. The van der Waals surface area contributed by atoms with Crippen molar-refractivity contribution in [2.45, 2.75) is 0 Å². The van der Waals surface area contributed by atoms with Crippen molar-refractivity contribution in [2.24, 2.45) is 10.2 Å². The summed E-state index contributed by atoms with van der Waals surface area (Å²) in [6.07, 6.45) is 3.39. The van der Waals surface area contributed by atoms with E-state index in [0.717, 1.165) is 11.4 Å². The molecule has 0 bridgehead atoms. The van der Waals surface area contributed by atoms with E-state index in [1.54, 1.807) is 12.4 Å². The molecule has 0 N–H and O–H groups in total. The molecule has 14 heavy (non-hydrogen) atoms. The maximum absolute atomic E-state index is 4.07. The van der Waals surface area contributed by atoms with E-state index in [1.807, 2.05) is 42.5 Å². The van der Waals surface area contributed by atoms with Crippen LogP contribution >= 0.6 is 0 Å². The minimum absolute atomic E-state index is 0.809. The van der Waals surface area contributed by atoms with Crippen LogP contribution in [0.2, 0.25) is 0 Å². The Kier molecular flexibility index (Phi) is 2.62. The van der Waals surface area contributed by atoms with Crippen molar-refractivity contribution in [2.75, 3.05) is 0 Å². The van der Waals surface area contributed by atoms with Crippen molar-refractivity contribution in [1.82, 2.24) is 4.98 Å². The Labute approximate surface area is 82.2 Å². The first kappa shape index (κ1) is 8.56. The zero-order valence-electron chi connectivity index (χ0n) is 7.54. The largest absolute Gasteiger partial charge is 0.265 e. The standard InChI is InChI=1S/C11H9N3/c1-2-4-10(5-3-1)13-14-11-6-8-12-9-7-11/h1-9H. The molecule has 68 valence electrons. The molecule has 0 atom stereocenters. The maximum atomic E-state index is 4.07. The molecule has 1 heterocycles. The van der Waals surface area contributed by atoms with Gasteiger partial charge in [0.05, 0.1) is 11.4 Å². The van der Waals surface area contributed by atoms with E-state index in [-0.39, 0.29) is 0 Å². The molecule has 0 aliphatic rings. The van der Waals surface area contributed by atoms with Crippen molar-refractivity contribution in [3.63, 3.8) is 0 Å². The van der Waals surface area contributed by atoms with E-state index in [4.69, 9.17) is 0 Å². The zero-order chi connectivity index (χ0) is 9.64. The smallest absolute Gasteiger partial charge is 0.0887 e. The van der Waals surface area contributed by atoms with Gasteiger partial charge in [0.25, 0.3) is 0 Å². The van der Waals surface area contributed by atoms with Gasteiger partial charge < -0.3 is 0 Å². The fourth-order valence-corrected chi connectivity index (χ4v) is 1.02. The molecule has 0 saturated carbocycles. The highest BCUT2D eigenvalue weighted by molar-refractivity contribution is 5.38. The van der Waals surface area contributed by atoms with Crippen LogP contribution in [0.25, 0.3) is 0 Å². The van der Waals surface area contributed by atoms with Crippen LogP contribution in [-0.2, 0) is 0 Å². The lowest BCUT2D eigenvalue weighted by molar-refractivity contribution is 1.21. The van der Waals surface area contributed by atoms with Gasteiger partial charge in [-0.15, -0.1) is 0 Å². The van der Waals surface area contributed by atoms with Crippen molar-refractivity contribution >= 4 is 11.4 Å². The molecule has 2 rings (SSSR count). The van der Waals surface area contributed by atoms with E-state index in [1.165, 1.54) is 0 Å². The Morgan fingerprint density at radius 1 is 0.714 bits per heavy atom. The lowest BCUT2D eigenvalue weighted by atomic mass is 10.3. The molecule has 2 aromatic rings. The van der Waals surface area contributed by atoms with E-state index in [2.05, 4.69) is 15.2 Å². The number of pyridine rings is 1. The number of nitrogens with zero attached hydrogens (tertiary/aromatic N) is 3. The van der Waals surface area contributed by atoms with Crippen molar-refractivity contribution in [1.29, 1.82) is 0 Å². The molecule has 3 nitrogen and oxygen atoms in total. The molecule has 0 fully saturated rings. The molecule has 0 saturated heterocycles. The van der Waals surface area contributed by atoms with Crippen molar-refractivity contribution < 1.29 is 0 Å². The predicted molar refractivity (Wildman–Crippen MR) is 54.9 cm³/mol. The molecule has 1 aromatic carbocycles. The third kappa shape index (κ3) is 2.23. The van der Waals surface area contributed by atoms with Crippen LogP contribution in [0.5, 0.6) is 0 Å². The van der Waals surface area contributed by atoms with Crippen LogP contribution in [0.15, 0.2) is 65.1 Å². The van der Waals surface area contributed by atoms with Crippen LogP contribution in [0.1, 0.15) is 0 Å². The second-order valence-electron chi connectivity index (χ2n) is 2.74. The lowest BCUT2D eigenvalue weighted by Crippen LogP contribution is -1.66. The number of benzene rings is 1. The van der Waals surface area contributed by atoms with Crippen molar-refractivity contribution in [3.8, 4) is 0 Å². The van der Waals surface area contributed by atoms with Gasteiger partial charge in [-0.2, -0.15) is 10.2 Å². The first-order valence-corrected chi connectivity index (χ1v) is 4.32. The lowest BCUT2D eigenvalue weighted by Gasteiger charge is -1.90. The van der Waals surface area contributed by atoms with Gasteiger partial charge in [-0.25, -0.2) is 0 Å². The van der Waals surface area contributed by atoms with Gasteiger partial charge in [0.2, 0.25) is 0 Å². The molecule has 0 aliphatic heterocycles. The second-order valence-corrected chi connectivity index (χ2v) is 2.74. The van der Waals surface area contributed by atoms with Crippen LogP contribution < -0.4 is 0 Å². The minimum Gasteiger partial charge on any atom is -0.265 e. The fraction of sp³-hybridized carbons (Fsp3) is 0. The second kappa shape index (κ2) is 4.28. The number of aromatic nitrogens is 1. The molecule has 1 aromatic heterocycles. The van der Waals surface area contributed by atoms with Gasteiger partial charge in [0.15, 0.2) is 0 Å². The first-order chi connectivity index (χ1) is 6.95. The summed E-state index contributed by atoms with van der Waals surface area (Å²) in [7, 11) is 0. The summed E-state index contributed by atoms with van der Waals surface area (Å²) in [6, 6.07) is 13.3. The summed E-state index contributed by atoms with van der Waals surface area (Å²) in [5.41, 5.74) is 1.66. The quantitative estimate of drug-likeness (QED) is 0.656. The van der Waals surface area contributed by atoms with Crippen LogP contribution in [0.3, 0.4) is 0 Å². The first-order valence-electron chi connectivity index (χ1n) is 4.32. The summed E-state index contributed by atoms with van der Waals surface area (Å²) in [4.78, 5) is 3.90. The van der Waals surface area contributed by atoms with E-state index in [9.17, 15) is 0 Å². The molecular weight excluding hydrogens is 174 g/mol. The van der Waals surface area contributed by atoms with E-state index >= 15 is 0 Å². The van der Waals surface area contributed by atoms with Crippen LogP contribution in [0.4, 0.5) is 11.4 Å². The highest BCUT2D eigenvalue weighted by atomic mass is 15.1. The third-order valence-corrected chi connectivity index (χ3v) is 1.70. The summed E-state index contributed by atoms with van der Waals surface area (Å²) < 4.78 is 0. The Morgan fingerprint density at radius 2 is 1.29 bits per heavy atom. The average molecular weight is 183 g/mol. The van der Waals surface area contributed by atoms with Gasteiger partial charge in [0, 0.05) is 12.4 Å². The summed E-state index contributed by atoms with van der Waals surface area (Å²) in [6.45, 7) is 0. The van der Waals surface area contributed by atoms with E-state index in [0.29, 0.717) is 0 Å². The predicted octanol–water partition coefficient (Wildman–Crippen LogP) is 3.50. The molecule has 0 amide bonds. The van der Waals surface area contributed by atoms with Gasteiger partial charge in [-0.05, 0) is 24.3 Å². The van der Waals surface area contributed by atoms with Gasteiger partial charge >= 0.3 is 0 Å². The Morgan fingerprint density at radius 3 is 1.93 bits per heavy atom. The number of rotatable bonds is 2.